The monoisotopic (exact) mass is 438 g/mol. The van der Waals surface area contributed by atoms with Gasteiger partial charge < -0.3 is 25.4 Å². The molecule has 1 amide bonds. The Morgan fingerprint density at radius 1 is 1.31 bits per heavy atom. The average Bonchev–Trinajstić information content (AvgIpc) is 3.14. The summed E-state index contributed by atoms with van der Waals surface area (Å²) in [5.41, 5.74) is 0.947. The molecule has 0 fully saturated rings. The van der Waals surface area contributed by atoms with E-state index in [1.807, 2.05) is 37.3 Å². The van der Waals surface area contributed by atoms with Crippen LogP contribution < -0.4 is 15.4 Å². The highest BCUT2D eigenvalue weighted by molar-refractivity contribution is 7.16. The van der Waals surface area contributed by atoms with Gasteiger partial charge in [-0.3, -0.25) is 4.79 Å². The van der Waals surface area contributed by atoms with Crippen LogP contribution in [0.2, 0.25) is 4.34 Å². The van der Waals surface area contributed by atoms with E-state index in [1.54, 1.807) is 20.2 Å². The van der Waals surface area contributed by atoms with Crippen molar-refractivity contribution in [2.45, 2.75) is 19.6 Å². The lowest BCUT2D eigenvalue weighted by Crippen LogP contribution is -2.39. The van der Waals surface area contributed by atoms with E-state index in [9.17, 15) is 9.90 Å². The molecule has 0 saturated heterocycles. The van der Waals surface area contributed by atoms with Gasteiger partial charge in [0.2, 0.25) is 0 Å². The predicted octanol–water partition coefficient (Wildman–Crippen LogP) is 2.66. The number of carbonyl (C=O) groups is 1. The molecule has 2 rings (SSSR count). The summed E-state index contributed by atoms with van der Waals surface area (Å²) in [4.78, 5) is 18.5. The van der Waals surface area contributed by atoms with E-state index in [2.05, 4.69) is 15.6 Å². The van der Waals surface area contributed by atoms with Crippen molar-refractivity contribution in [1.29, 1.82) is 0 Å². The number of guanidine groups is 1. The van der Waals surface area contributed by atoms with Gasteiger partial charge in [-0.15, -0.1) is 11.3 Å². The van der Waals surface area contributed by atoms with Crippen molar-refractivity contribution < 1.29 is 14.6 Å². The number of aliphatic hydroxyl groups excluding tert-OH is 1. The summed E-state index contributed by atoms with van der Waals surface area (Å²) in [6.07, 6.45) is -0.665. The molecular formula is C20H27ClN4O3S. The molecule has 0 aliphatic carbocycles. The standard InChI is InChI=1S/C20H27ClN4O3S/c1-4-22-20(24-12-16(26)17-8-9-18(21)29-17)23-11-14-6-5-7-15(10-14)28-13-19(27)25(2)3/h5-10,16,26H,4,11-13H2,1-3H3,(H2,22,23,24). The van der Waals surface area contributed by atoms with Crippen LogP contribution in [0.1, 0.15) is 23.5 Å². The number of rotatable bonds is 9. The first-order valence-corrected chi connectivity index (χ1v) is 10.5. The fourth-order valence-electron chi connectivity index (χ4n) is 2.32. The number of nitrogens with one attached hydrogen (secondary N) is 2. The zero-order chi connectivity index (χ0) is 21.2. The van der Waals surface area contributed by atoms with E-state index in [1.165, 1.54) is 16.2 Å². The number of ether oxygens (including phenoxy) is 1. The van der Waals surface area contributed by atoms with E-state index in [4.69, 9.17) is 16.3 Å². The quantitative estimate of drug-likeness (QED) is 0.414. The Balaban J connectivity index is 1.93. The summed E-state index contributed by atoms with van der Waals surface area (Å²) >= 11 is 7.28. The van der Waals surface area contributed by atoms with Gasteiger partial charge in [0.1, 0.15) is 11.9 Å². The lowest BCUT2D eigenvalue weighted by molar-refractivity contribution is -0.130. The van der Waals surface area contributed by atoms with Crippen molar-refractivity contribution in [2.75, 3.05) is 33.8 Å². The number of carbonyl (C=O) groups excluding carboxylic acids is 1. The number of likely N-dealkylation sites (N-methyl/N-ethyl adjacent to an activating group) is 1. The average molecular weight is 439 g/mol. The molecule has 0 spiro atoms. The maximum Gasteiger partial charge on any atom is 0.259 e. The fraction of sp³-hybridized carbons (Fsp3) is 0.400. The van der Waals surface area contributed by atoms with Crippen LogP contribution in [0, 0.1) is 0 Å². The van der Waals surface area contributed by atoms with Crippen LogP contribution in [0.3, 0.4) is 0 Å². The fourth-order valence-corrected chi connectivity index (χ4v) is 3.37. The van der Waals surface area contributed by atoms with Crippen molar-refractivity contribution in [3.8, 4) is 5.75 Å². The second kappa shape index (κ2) is 11.6. The molecule has 1 heterocycles. The van der Waals surface area contributed by atoms with Crippen LogP contribution in [-0.4, -0.2) is 55.7 Å². The van der Waals surface area contributed by atoms with Crippen LogP contribution in [0.15, 0.2) is 41.4 Å². The zero-order valence-electron chi connectivity index (χ0n) is 16.8. The molecule has 1 unspecified atom stereocenters. The number of hydrogen-bond acceptors (Lipinski definition) is 5. The zero-order valence-corrected chi connectivity index (χ0v) is 18.4. The molecule has 0 aliphatic heterocycles. The summed E-state index contributed by atoms with van der Waals surface area (Å²) in [7, 11) is 3.38. The van der Waals surface area contributed by atoms with Gasteiger partial charge in [0, 0.05) is 32.1 Å². The molecule has 1 atom stereocenters. The Hall–Kier alpha value is -2.29. The molecule has 158 valence electrons. The smallest absolute Gasteiger partial charge is 0.259 e. The Morgan fingerprint density at radius 2 is 2.10 bits per heavy atom. The highest BCUT2D eigenvalue weighted by Crippen LogP contribution is 2.26. The van der Waals surface area contributed by atoms with E-state index in [0.29, 0.717) is 35.7 Å². The second-order valence-electron chi connectivity index (χ2n) is 6.46. The Bertz CT molecular complexity index is 826. The van der Waals surface area contributed by atoms with Crippen LogP contribution in [-0.2, 0) is 11.3 Å². The molecule has 1 aromatic heterocycles. The number of halogens is 1. The third-order valence-corrected chi connectivity index (χ3v) is 5.24. The first-order valence-electron chi connectivity index (χ1n) is 9.26. The van der Waals surface area contributed by atoms with E-state index in [-0.39, 0.29) is 12.5 Å². The summed E-state index contributed by atoms with van der Waals surface area (Å²) in [5, 5.41) is 16.6. The van der Waals surface area contributed by atoms with Crippen LogP contribution in [0.4, 0.5) is 0 Å². The minimum Gasteiger partial charge on any atom is -0.484 e. The van der Waals surface area contributed by atoms with Gasteiger partial charge in [-0.25, -0.2) is 4.99 Å². The lowest BCUT2D eigenvalue weighted by Gasteiger charge is -2.14. The van der Waals surface area contributed by atoms with Crippen molar-refractivity contribution in [1.82, 2.24) is 15.5 Å². The molecule has 3 N–H and O–H groups in total. The largest absolute Gasteiger partial charge is 0.484 e. The molecule has 0 radical (unpaired) electrons. The number of aliphatic hydroxyl groups is 1. The third kappa shape index (κ3) is 7.92. The predicted molar refractivity (Wildman–Crippen MR) is 118 cm³/mol. The normalized spacial score (nSPS) is 12.4. The van der Waals surface area contributed by atoms with Gasteiger partial charge in [-0.1, -0.05) is 23.7 Å². The van der Waals surface area contributed by atoms with Gasteiger partial charge in [0.25, 0.3) is 5.91 Å². The number of thiophene rings is 1. The second-order valence-corrected chi connectivity index (χ2v) is 8.20. The maximum atomic E-state index is 11.7. The molecule has 2 aromatic rings. The number of hydrogen-bond donors (Lipinski definition) is 3. The Labute approximate surface area is 180 Å². The van der Waals surface area contributed by atoms with Gasteiger partial charge in [0.05, 0.1) is 10.9 Å². The number of aliphatic imine (C=N–C) groups is 1. The molecule has 0 saturated carbocycles. The molecule has 0 aliphatic rings. The molecule has 1 aromatic carbocycles. The molecule has 29 heavy (non-hydrogen) atoms. The summed E-state index contributed by atoms with van der Waals surface area (Å²) in [6.45, 7) is 3.41. The van der Waals surface area contributed by atoms with Gasteiger partial charge in [-0.2, -0.15) is 0 Å². The Morgan fingerprint density at radius 3 is 2.76 bits per heavy atom. The van der Waals surface area contributed by atoms with Crippen LogP contribution in [0.5, 0.6) is 5.75 Å². The highest BCUT2D eigenvalue weighted by Gasteiger charge is 2.11. The number of nitrogens with zero attached hydrogens (tertiary/aromatic N) is 2. The molecule has 9 heteroatoms. The summed E-state index contributed by atoms with van der Waals surface area (Å²) in [5.74, 6) is 1.12. The van der Waals surface area contributed by atoms with Crippen molar-refractivity contribution >= 4 is 34.8 Å². The summed E-state index contributed by atoms with van der Waals surface area (Å²) < 4.78 is 6.19. The van der Waals surface area contributed by atoms with Crippen molar-refractivity contribution in [3.63, 3.8) is 0 Å². The van der Waals surface area contributed by atoms with Gasteiger partial charge in [0.15, 0.2) is 12.6 Å². The Kier molecular flexibility index (Phi) is 9.24. The molecule has 0 bridgehead atoms. The number of amides is 1. The maximum absolute atomic E-state index is 11.7. The number of benzene rings is 1. The van der Waals surface area contributed by atoms with Crippen LogP contribution in [0.25, 0.3) is 0 Å². The van der Waals surface area contributed by atoms with Crippen molar-refractivity contribution in [3.05, 3.63) is 51.2 Å². The minimum atomic E-state index is -0.665. The van der Waals surface area contributed by atoms with E-state index < -0.39 is 6.10 Å². The first kappa shape index (κ1) is 23.0. The van der Waals surface area contributed by atoms with Crippen LogP contribution >= 0.6 is 22.9 Å². The highest BCUT2D eigenvalue weighted by atomic mass is 35.5. The van der Waals surface area contributed by atoms with E-state index in [0.717, 1.165) is 10.4 Å². The SMILES string of the molecule is CCNC(=NCc1cccc(OCC(=O)N(C)C)c1)NCC(O)c1ccc(Cl)s1. The van der Waals surface area contributed by atoms with Crippen molar-refractivity contribution in [2.24, 2.45) is 4.99 Å². The third-order valence-electron chi connectivity index (χ3n) is 3.91. The minimum absolute atomic E-state index is 0.00541. The summed E-state index contributed by atoms with van der Waals surface area (Å²) in [6, 6.07) is 11.1. The van der Waals surface area contributed by atoms with Gasteiger partial charge in [-0.05, 0) is 36.8 Å². The van der Waals surface area contributed by atoms with Gasteiger partial charge >= 0.3 is 0 Å². The lowest BCUT2D eigenvalue weighted by atomic mass is 10.2. The first-order chi connectivity index (χ1) is 13.9. The topological polar surface area (TPSA) is 86.2 Å². The molecule has 7 nitrogen and oxygen atoms in total. The molecular weight excluding hydrogens is 412 g/mol. The van der Waals surface area contributed by atoms with E-state index >= 15 is 0 Å².